The zero-order valence-electron chi connectivity index (χ0n) is 15.0. The fraction of sp³-hybridized carbons (Fsp3) is 0.174. The molecular formula is C23H19ClO3. The van der Waals surface area contributed by atoms with Crippen molar-refractivity contribution in [2.75, 3.05) is 6.61 Å². The van der Waals surface area contributed by atoms with E-state index >= 15 is 0 Å². The first kappa shape index (κ1) is 17.6. The molecule has 0 bridgehead atoms. The number of aliphatic carboxylic acids is 1. The van der Waals surface area contributed by atoms with Gasteiger partial charge < -0.3 is 9.84 Å². The molecule has 0 spiro atoms. The summed E-state index contributed by atoms with van der Waals surface area (Å²) in [6, 6.07) is 17.9. The van der Waals surface area contributed by atoms with Crippen LogP contribution in [-0.4, -0.2) is 17.7 Å². The van der Waals surface area contributed by atoms with Gasteiger partial charge in [0.15, 0.2) is 0 Å². The maximum absolute atomic E-state index is 11.1. The van der Waals surface area contributed by atoms with E-state index in [1.54, 1.807) is 0 Å². The van der Waals surface area contributed by atoms with Crippen LogP contribution in [0.15, 0.2) is 54.6 Å². The molecule has 3 aromatic carbocycles. The molecule has 0 amide bonds. The average molecular weight is 379 g/mol. The zero-order valence-corrected chi connectivity index (χ0v) is 15.7. The van der Waals surface area contributed by atoms with Gasteiger partial charge in [0.2, 0.25) is 0 Å². The van der Waals surface area contributed by atoms with Crippen molar-refractivity contribution in [1.82, 2.24) is 0 Å². The number of hydrogen-bond donors (Lipinski definition) is 1. The zero-order chi connectivity index (χ0) is 19.0. The summed E-state index contributed by atoms with van der Waals surface area (Å²) in [6.45, 7) is 2.71. The lowest BCUT2D eigenvalue weighted by atomic mass is 9.91. The number of aryl methyl sites for hydroxylation is 1. The van der Waals surface area contributed by atoms with Gasteiger partial charge in [0, 0.05) is 12.0 Å². The number of fused-ring (bicyclic) bond motifs is 1. The van der Waals surface area contributed by atoms with Crippen molar-refractivity contribution in [2.24, 2.45) is 0 Å². The number of benzene rings is 3. The van der Waals surface area contributed by atoms with E-state index in [0.717, 1.165) is 50.6 Å². The summed E-state index contributed by atoms with van der Waals surface area (Å²) in [6.07, 6.45) is 0.898. The Kier molecular flexibility index (Phi) is 4.63. The van der Waals surface area contributed by atoms with E-state index in [1.807, 2.05) is 49.4 Å². The van der Waals surface area contributed by atoms with E-state index in [0.29, 0.717) is 6.61 Å². The number of rotatable bonds is 4. The predicted octanol–water partition coefficient (Wildman–Crippen LogP) is 5.54. The monoisotopic (exact) mass is 378 g/mol. The summed E-state index contributed by atoms with van der Waals surface area (Å²) >= 11 is 6.73. The molecule has 3 nitrogen and oxygen atoms in total. The lowest BCUT2D eigenvalue weighted by Crippen LogP contribution is -2.00. The second-order valence-corrected chi connectivity index (χ2v) is 7.19. The second-order valence-electron chi connectivity index (χ2n) is 6.81. The van der Waals surface area contributed by atoms with Crippen LogP contribution in [0.1, 0.15) is 16.7 Å². The quantitative estimate of drug-likeness (QED) is 0.647. The lowest BCUT2D eigenvalue weighted by molar-refractivity contribution is -0.136. The van der Waals surface area contributed by atoms with Crippen molar-refractivity contribution in [3.63, 3.8) is 0 Å². The Labute approximate surface area is 163 Å². The van der Waals surface area contributed by atoms with Crippen LogP contribution in [0, 0.1) is 6.92 Å². The highest BCUT2D eigenvalue weighted by Gasteiger charge is 2.18. The van der Waals surface area contributed by atoms with Crippen molar-refractivity contribution < 1.29 is 14.6 Å². The Bertz CT molecular complexity index is 1040. The largest absolute Gasteiger partial charge is 0.493 e. The highest BCUT2D eigenvalue weighted by atomic mass is 35.5. The third kappa shape index (κ3) is 3.43. The van der Waals surface area contributed by atoms with Crippen LogP contribution in [0.2, 0.25) is 5.02 Å². The van der Waals surface area contributed by atoms with Crippen molar-refractivity contribution in [2.45, 2.75) is 19.8 Å². The summed E-state index contributed by atoms with van der Waals surface area (Å²) in [4.78, 5) is 11.1. The van der Waals surface area contributed by atoms with E-state index in [-0.39, 0.29) is 6.42 Å². The summed E-state index contributed by atoms with van der Waals surface area (Å²) in [5.41, 5.74) is 6.94. The normalized spacial score (nSPS) is 12.5. The first-order valence-electron chi connectivity index (χ1n) is 8.89. The molecule has 0 aromatic heterocycles. The van der Waals surface area contributed by atoms with E-state index in [4.69, 9.17) is 21.4 Å². The molecule has 0 unspecified atom stereocenters. The van der Waals surface area contributed by atoms with Gasteiger partial charge in [0.1, 0.15) is 5.75 Å². The number of carboxylic acid groups (broad SMARTS) is 1. The molecule has 0 atom stereocenters. The van der Waals surface area contributed by atoms with E-state index in [2.05, 4.69) is 12.1 Å². The van der Waals surface area contributed by atoms with Gasteiger partial charge in [-0.05, 0) is 52.4 Å². The van der Waals surface area contributed by atoms with E-state index < -0.39 is 5.97 Å². The fourth-order valence-electron chi connectivity index (χ4n) is 3.57. The first-order valence-corrected chi connectivity index (χ1v) is 9.27. The molecule has 3 aromatic rings. The number of hydrogen-bond acceptors (Lipinski definition) is 2. The summed E-state index contributed by atoms with van der Waals surface area (Å²) in [5, 5.41) is 9.82. The van der Waals surface area contributed by atoms with Crippen molar-refractivity contribution >= 4 is 17.6 Å². The van der Waals surface area contributed by atoms with Crippen LogP contribution >= 0.6 is 11.6 Å². The van der Waals surface area contributed by atoms with E-state index in [9.17, 15) is 4.79 Å². The third-order valence-corrected chi connectivity index (χ3v) is 5.39. The van der Waals surface area contributed by atoms with Crippen LogP contribution in [0.5, 0.6) is 5.75 Å². The van der Waals surface area contributed by atoms with Crippen molar-refractivity contribution in [3.05, 3.63) is 76.3 Å². The minimum Gasteiger partial charge on any atom is -0.493 e. The topological polar surface area (TPSA) is 46.5 Å². The van der Waals surface area contributed by atoms with Gasteiger partial charge in [-0.15, -0.1) is 0 Å². The average Bonchev–Trinajstić information content (AvgIpc) is 3.11. The number of halogens is 1. The second kappa shape index (κ2) is 7.09. The highest BCUT2D eigenvalue weighted by molar-refractivity contribution is 6.35. The van der Waals surface area contributed by atoms with Gasteiger partial charge in [-0.25, -0.2) is 0 Å². The Balaban J connectivity index is 1.88. The molecule has 0 saturated heterocycles. The molecule has 1 heterocycles. The van der Waals surface area contributed by atoms with Gasteiger partial charge in [-0.3, -0.25) is 4.79 Å². The summed E-state index contributed by atoms with van der Waals surface area (Å²) < 4.78 is 5.62. The Morgan fingerprint density at radius 2 is 1.96 bits per heavy atom. The van der Waals surface area contributed by atoms with E-state index in [1.165, 1.54) is 5.56 Å². The molecule has 0 saturated carbocycles. The number of carboxylic acids is 1. The molecular weight excluding hydrogens is 360 g/mol. The van der Waals surface area contributed by atoms with Gasteiger partial charge in [0.05, 0.1) is 18.1 Å². The lowest BCUT2D eigenvalue weighted by Gasteiger charge is -2.16. The maximum atomic E-state index is 11.1. The fourth-order valence-corrected chi connectivity index (χ4v) is 3.84. The van der Waals surface area contributed by atoms with Crippen LogP contribution in [0.4, 0.5) is 0 Å². The molecule has 136 valence electrons. The number of ether oxygens (including phenoxy) is 1. The van der Waals surface area contributed by atoms with Gasteiger partial charge in [-0.2, -0.15) is 0 Å². The molecule has 0 radical (unpaired) electrons. The van der Waals surface area contributed by atoms with Crippen LogP contribution < -0.4 is 4.74 Å². The Hall–Kier alpha value is -2.78. The van der Waals surface area contributed by atoms with Crippen LogP contribution in [-0.2, 0) is 17.6 Å². The Morgan fingerprint density at radius 3 is 2.78 bits per heavy atom. The summed E-state index contributed by atoms with van der Waals surface area (Å²) in [7, 11) is 0. The van der Waals surface area contributed by atoms with Crippen LogP contribution in [0.25, 0.3) is 22.3 Å². The highest BCUT2D eigenvalue weighted by Crippen LogP contribution is 2.41. The van der Waals surface area contributed by atoms with Crippen molar-refractivity contribution in [1.29, 1.82) is 0 Å². The van der Waals surface area contributed by atoms with Crippen LogP contribution in [0.3, 0.4) is 0 Å². The van der Waals surface area contributed by atoms with Crippen molar-refractivity contribution in [3.8, 4) is 28.0 Å². The summed E-state index contributed by atoms with van der Waals surface area (Å²) in [5.74, 6) is 0.0977. The SMILES string of the molecule is Cc1ccc(-c2cccc(CC(=O)O)c2)c(-c2ccc3c(c2)CCO3)c1Cl. The molecule has 1 aliphatic rings. The molecule has 1 aliphatic heterocycles. The Morgan fingerprint density at radius 1 is 1.11 bits per heavy atom. The minimum absolute atomic E-state index is 0.00104. The van der Waals surface area contributed by atoms with Gasteiger partial charge in [-0.1, -0.05) is 54.1 Å². The molecule has 1 N–H and O–H groups in total. The minimum atomic E-state index is -0.840. The molecule has 0 aliphatic carbocycles. The maximum Gasteiger partial charge on any atom is 0.307 e. The molecule has 0 fully saturated rings. The van der Waals surface area contributed by atoms with Gasteiger partial charge >= 0.3 is 5.97 Å². The molecule has 27 heavy (non-hydrogen) atoms. The first-order chi connectivity index (χ1) is 13.0. The predicted molar refractivity (Wildman–Crippen MR) is 108 cm³/mol. The number of carbonyl (C=O) groups is 1. The standard InChI is InChI=1S/C23H19ClO3/c1-14-5-7-19(16-4-2-3-15(11-16)12-21(25)26)22(23(14)24)18-6-8-20-17(13-18)9-10-27-20/h2-8,11,13H,9-10,12H2,1H3,(H,25,26). The van der Waals surface area contributed by atoms with Gasteiger partial charge in [0.25, 0.3) is 0 Å². The smallest absolute Gasteiger partial charge is 0.307 e. The molecule has 4 rings (SSSR count). The third-order valence-electron chi connectivity index (χ3n) is 4.91. The molecule has 4 heteroatoms.